The number of hydrogen-bond acceptors (Lipinski definition) is 6. The second-order valence-corrected chi connectivity index (χ2v) is 10.1. The van der Waals surface area contributed by atoms with Gasteiger partial charge in [-0.1, -0.05) is 12.1 Å². The van der Waals surface area contributed by atoms with Crippen LogP contribution in [0.1, 0.15) is 39.9 Å². The quantitative estimate of drug-likeness (QED) is 0.181. The summed E-state index contributed by atoms with van der Waals surface area (Å²) in [4.78, 5) is 41.1. The highest BCUT2D eigenvalue weighted by Crippen LogP contribution is 2.42. The van der Waals surface area contributed by atoms with Gasteiger partial charge >= 0.3 is 7.60 Å². The topological polar surface area (TPSA) is 111 Å². The van der Waals surface area contributed by atoms with Gasteiger partial charge in [0.1, 0.15) is 18.2 Å². The Hall–Kier alpha value is -2.71. The largest absolute Gasteiger partial charge is 0.491 e. The molecule has 2 aromatic carbocycles. The molecule has 34 heavy (non-hydrogen) atoms. The number of imide groups is 1. The van der Waals surface area contributed by atoms with Crippen molar-refractivity contribution in [1.82, 2.24) is 14.5 Å². The molecule has 4 rings (SSSR count). The second kappa shape index (κ2) is 10.3. The number of rotatable bonds is 11. The number of alkyl halides is 1. The van der Waals surface area contributed by atoms with Gasteiger partial charge in [0.05, 0.1) is 41.5 Å². The molecule has 1 atom stereocenters. The molecule has 3 aromatic rings. The molecule has 0 bridgehead atoms. The molecular formula is C23H25ClN3O6P. The van der Waals surface area contributed by atoms with Crippen molar-refractivity contribution in [1.29, 1.82) is 0 Å². The van der Waals surface area contributed by atoms with E-state index in [1.165, 1.54) is 4.90 Å². The summed E-state index contributed by atoms with van der Waals surface area (Å²) in [5.41, 5.74) is 2.31. The Kier molecular flexibility index (Phi) is 7.38. The number of halogens is 1. The van der Waals surface area contributed by atoms with Gasteiger partial charge in [-0.2, -0.15) is 0 Å². The van der Waals surface area contributed by atoms with Crippen LogP contribution in [-0.2, 0) is 22.2 Å². The third kappa shape index (κ3) is 5.03. The summed E-state index contributed by atoms with van der Waals surface area (Å²) in [5, 5.41) is 0. The summed E-state index contributed by atoms with van der Waals surface area (Å²) >= 11 is 5.55. The van der Waals surface area contributed by atoms with Crippen molar-refractivity contribution in [3.05, 3.63) is 59.4 Å². The lowest BCUT2D eigenvalue weighted by Crippen LogP contribution is -2.30. The predicted molar refractivity (Wildman–Crippen MR) is 128 cm³/mol. The molecule has 1 N–H and O–H groups in total. The van der Waals surface area contributed by atoms with Crippen LogP contribution in [-0.4, -0.2) is 56.4 Å². The van der Waals surface area contributed by atoms with Crippen molar-refractivity contribution in [2.45, 2.75) is 26.4 Å². The summed E-state index contributed by atoms with van der Waals surface area (Å²) in [6.45, 7) is 2.65. The van der Waals surface area contributed by atoms with Gasteiger partial charge in [0.15, 0.2) is 0 Å². The molecule has 11 heteroatoms. The minimum atomic E-state index is -3.66. The molecule has 0 fully saturated rings. The fraction of sp³-hybridized carbons (Fsp3) is 0.348. The fourth-order valence-electron chi connectivity index (χ4n) is 3.90. The maximum absolute atomic E-state index is 12.7. The molecule has 2 amide bonds. The molecule has 0 saturated carbocycles. The molecule has 2 heterocycles. The van der Waals surface area contributed by atoms with Crippen molar-refractivity contribution in [3.63, 3.8) is 0 Å². The molecule has 1 unspecified atom stereocenters. The standard InChI is InChI=1S/C23H25ClN3O6P/c1-2-26-20-14-16(32-11-12-33-34(30,31)13-5-10-24)8-9-19(20)25-21(26)15-27-22(28)17-6-3-4-7-18(17)23(27)29/h3-4,6-9,14H,2,5,10-13,15H2,1H3,(H,30,31). The van der Waals surface area contributed by atoms with Crippen LogP contribution < -0.4 is 4.74 Å². The summed E-state index contributed by atoms with van der Waals surface area (Å²) in [6.07, 6.45) is 0.408. The van der Waals surface area contributed by atoms with Gasteiger partial charge in [-0.15, -0.1) is 11.6 Å². The minimum Gasteiger partial charge on any atom is -0.491 e. The maximum Gasteiger partial charge on any atom is 0.328 e. The van der Waals surface area contributed by atoms with E-state index in [0.717, 1.165) is 5.52 Å². The Balaban J connectivity index is 1.46. The van der Waals surface area contributed by atoms with E-state index in [2.05, 4.69) is 4.98 Å². The zero-order valence-electron chi connectivity index (χ0n) is 18.6. The first-order valence-electron chi connectivity index (χ1n) is 10.9. The van der Waals surface area contributed by atoms with E-state index in [9.17, 15) is 19.0 Å². The Morgan fingerprint density at radius 3 is 2.44 bits per heavy atom. The number of ether oxygens (including phenoxy) is 1. The van der Waals surface area contributed by atoms with Gasteiger partial charge in [-0.25, -0.2) is 4.98 Å². The molecule has 9 nitrogen and oxygen atoms in total. The van der Waals surface area contributed by atoms with Crippen molar-refractivity contribution < 1.29 is 28.3 Å². The van der Waals surface area contributed by atoms with Crippen LogP contribution in [0.15, 0.2) is 42.5 Å². The number of aromatic nitrogens is 2. The summed E-state index contributed by atoms with van der Waals surface area (Å²) in [5.74, 6) is 0.780. The Labute approximate surface area is 201 Å². The molecule has 0 radical (unpaired) electrons. The van der Waals surface area contributed by atoms with E-state index in [-0.39, 0.29) is 37.7 Å². The zero-order valence-corrected chi connectivity index (χ0v) is 20.3. The number of carbonyl (C=O) groups is 2. The lowest BCUT2D eigenvalue weighted by molar-refractivity contribution is 0.0637. The minimum absolute atomic E-state index is 0.00796. The normalized spacial score (nSPS) is 15.1. The van der Waals surface area contributed by atoms with Crippen molar-refractivity contribution in [3.8, 4) is 5.75 Å². The van der Waals surface area contributed by atoms with Crippen LogP contribution in [0.2, 0.25) is 0 Å². The highest BCUT2D eigenvalue weighted by atomic mass is 35.5. The molecule has 1 aliphatic heterocycles. The number of imidazole rings is 1. The van der Waals surface area contributed by atoms with Gasteiger partial charge in [0, 0.05) is 18.5 Å². The van der Waals surface area contributed by atoms with Gasteiger partial charge in [0.2, 0.25) is 0 Å². The SMILES string of the molecule is CCn1c(CN2C(=O)c3ccccc3C2=O)nc2ccc(OCCOP(=O)(O)CCCCl)cc21. The molecule has 0 aliphatic carbocycles. The van der Waals surface area contributed by atoms with Crippen molar-refractivity contribution >= 4 is 42.0 Å². The second-order valence-electron chi connectivity index (χ2n) is 7.75. The van der Waals surface area contributed by atoms with E-state index < -0.39 is 7.60 Å². The fourth-order valence-corrected chi connectivity index (χ4v) is 5.27. The van der Waals surface area contributed by atoms with E-state index in [1.807, 2.05) is 17.6 Å². The van der Waals surface area contributed by atoms with Gasteiger partial charge in [0.25, 0.3) is 11.8 Å². The first-order chi connectivity index (χ1) is 16.3. The zero-order chi connectivity index (χ0) is 24.3. The molecule has 1 aromatic heterocycles. The van der Waals surface area contributed by atoms with E-state index in [1.54, 1.807) is 36.4 Å². The number of benzene rings is 2. The third-order valence-electron chi connectivity index (χ3n) is 5.51. The Morgan fingerprint density at radius 1 is 1.09 bits per heavy atom. The first-order valence-corrected chi connectivity index (χ1v) is 13.2. The van der Waals surface area contributed by atoms with E-state index >= 15 is 0 Å². The summed E-state index contributed by atoms with van der Waals surface area (Å²) in [7, 11) is -3.66. The highest BCUT2D eigenvalue weighted by Gasteiger charge is 2.36. The Bertz CT molecular complexity index is 1240. The molecule has 180 valence electrons. The number of fused-ring (bicyclic) bond motifs is 2. The number of nitrogens with zero attached hydrogens (tertiary/aromatic N) is 3. The van der Waals surface area contributed by atoms with E-state index in [4.69, 9.17) is 20.9 Å². The van der Waals surface area contributed by atoms with Crippen LogP contribution >= 0.6 is 19.2 Å². The monoisotopic (exact) mass is 505 g/mol. The third-order valence-corrected chi connectivity index (χ3v) is 7.25. The summed E-state index contributed by atoms with van der Waals surface area (Å²) in [6, 6.07) is 12.1. The van der Waals surface area contributed by atoms with Crippen molar-refractivity contribution in [2.24, 2.45) is 0 Å². The van der Waals surface area contributed by atoms with Gasteiger partial charge < -0.3 is 18.7 Å². The molecular weight excluding hydrogens is 481 g/mol. The van der Waals surface area contributed by atoms with Crippen LogP contribution in [0.25, 0.3) is 11.0 Å². The highest BCUT2D eigenvalue weighted by molar-refractivity contribution is 7.52. The molecule has 0 spiro atoms. The lowest BCUT2D eigenvalue weighted by Gasteiger charge is -2.14. The number of carbonyl (C=O) groups excluding carboxylic acids is 2. The average Bonchev–Trinajstić information content (AvgIpc) is 3.30. The van der Waals surface area contributed by atoms with Gasteiger partial charge in [-0.3, -0.25) is 19.1 Å². The van der Waals surface area contributed by atoms with Gasteiger partial charge in [-0.05, 0) is 37.6 Å². The predicted octanol–water partition coefficient (Wildman–Crippen LogP) is 4.06. The number of amides is 2. The molecule has 1 aliphatic rings. The van der Waals surface area contributed by atoms with Crippen LogP contribution in [0.4, 0.5) is 0 Å². The maximum atomic E-state index is 12.7. The molecule has 0 saturated heterocycles. The number of aryl methyl sites for hydroxylation is 1. The van der Waals surface area contributed by atoms with Crippen molar-refractivity contribution in [2.75, 3.05) is 25.3 Å². The van der Waals surface area contributed by atoms with E-state index in [0.29, 0.717) is 47.1 Å². The Morgan fingerprint density at radius 2 is 1.79 bits per heavy atom. The summed E-state index contributed by atoms with van der Waals surface area (Å²) < 4.78 is 24.5. The van der Waals surface area contributed by atoms with Crippen LogP contribution in [0.5, 0.6) is 5.75 Å². The number of hydrogen-bond donors (Lipinski definition) is 1. The lowest BCUT2D eigenvalue weighted by atomic mass is 10.1. The van der Waals surface area contributed by atoms with Crippen LogP contribution in [0, 0.1) is 0 Å². The van der Waals surface area contributed by atoms with Crippen LogP contribution in [0.3, 0.4) is 0 Å². The average molecular weight is 506 g/mol. The first kappa shape index (κ1) is 24.4. The smallest absolute Gasteiger partial charge is 0.328 e.